The quantitative estimate of drug-likeness (QED) is 0.847. The summed E-state index contributed by atoms with van der Waals surface area (Å²) in [7, 11) is 0. The van der Waals surface area contributed by atoms with Gasteiger partial charge in [0.25, 0.3) is 0 Å². The van der Waals surface area contributed by atoms with Crippen LogP contribution in [0.4, 0.5) is 0 Å². The molecular formula is C15H20N2O2. The van der Waals surface area contributed by atoms with E-state index in [2.05, 4.69) is 10.1 Å². The van der Waals surface area contributed by atoms with E-state index < -0.39 is 0 Å². The molecule has 4 heteroatoms. The Morgan fingerprint density at radius 2 is 1.84 bits per heavy atom. The van der Waals surface area contributed by atoms with E-state index in [0.717, 1.165) is 30.5 Å². The molecule has 1 aromatic carbocycles. The number of hydrogen-bond donors (Lipinski definition) is 1. The molecule has 0 bridgehead atoms. The number of aromatic hydroxyl groups is 1. The summed E-state index contributed by atoms with van der Waals surface area (Å²) in [6.07, 6.45) is 4.07. The van der Waals surface area contributed by atoms with Crippen LogP contribution in [0.5, 0.6) is 5.75 Å². The van der Waals surface area contributed by atoms with Crippen LogP contribution in [0.15, 0.2) is 29.4 Å². The highest BCUT2D eigenvalue weighted by Gasteiger charge is 2.36. The van der Waals surface area contributed by atoms with Gasteiger partial charge >= 0.3 is 0 Å². The molecule has 0 spiro atoms. The maximum Gasteiger partial charge on any atom is 0.129 e. The van der Waals surface area contributed by atoms with Gasteiger partial charge in [-0.15, -0.1) is 0 Å². The third kappa shape index (κ3) is 2.63. The van der Waals surface area contributed by atoms with Gasteiger partial charge in [-0.05, 0) is 42.4 Å². The van der Waals surface area contributed by atoms with Crippen molar-refractivity contribution in [3.63, 3.8) is 0 Å². The molecule has 1 aromatic rings. The molecule has 3 rings (SSSR count). The maximum atomic E-state index is 11.1. The fraction of sp³-hybridized carbons (Fsp3) is 0.600. The van der Waals surface area contributed by atoms with E-state index >= 15 is 0 Å². The molecule has 1 heterocycles. The van der Waals surface area contributed by atoms with Crippen molar-refractivity contribution >= 4 is 0 Å². The lowest BCUT2D eigenvalue weighted by Gasteiger charge is -2.20. The lowest BCUT2D eigenvalue weighted by Crippen LogP contribution is -2.26. The number of phenolic OH excluding ortho intramolecular Hbond substituents is 1. The Morgan fingerprint density at radius 3 is 2.42 bits per heavy atom. The lowest BCUT2D eigenvalue weighted by atomic mass is 10.0. The third-order valence-corrected chi connectivity index (χ3v) is 4.64. The maximum absolute atomic E-state index is 11.1. The Labute approximate surface area is 113 Å². The molecule has 2 aliphatic rings. The first-order valence-electron chi connectivity index (χ1n) is 7.10. The monoisotopic (exact) mass is 260 g/mol. The lowest BCUT2D eigenvalue weighted by molar-refractivity contribution is 0.292. The molecule has 3 atom stereocenters. The van der Waals surface area contributed by atoms with Crippen molar-refractivity contribution in [1.82, 2.24) is 4.90 Å². The molecule has 19 heavy (non-hydrogen) atoms. The Bertz CT molecular complexity index is 434. The van der Waals surface area contributed by atoms with Gasteiger partial charge in [0.15, 0.2) is 0 Å². The number of hydrogen-bond acceptors (Lipinski definition) is 4. The van der Waals surface area contributed by atoms with Gasteiger partial charge in [-0.3, -0.25) is 0 Å². The summed E-state index contributed by atoms with van der Waals surface area (Å²) in [5.41, 5.74) is 0.893. The zero-order valence-electron chi connectivity index (χ0n) is 11.0. The van der Waals surface area contributed by atoms with Crippen molar-refractivity contribution in [1.29, 1.82) is 0 Å². The van der Waals surface area contributed by atoms with E-state index in [1.54, 1.807) is 24.3 Å². The number of phenols is 1. The van der Waals surface area contributed by atoms with E-state index in [9.17, 15) is 10.0 Å². The van der Waals surface area contributed by atoms with Gasteiger partial charge in [0.2, 0.25) is 0 Å². The van der Waals surface area contributed by atoms with Crippen LogP contribution in [0.1, 0.15) is 30.9 Å². The van der Waals surface area contributed by atoms with Crippen LogP contribution in [0.3, 0.4) is 0 Å². The first kappa shape index (κ1) is 12.6. The molecule has 0 amide bonds. The summed E-state index contributed by atoms with van der Waals surface area (Å²) < 4.78 is 0. The first-order chi connectivity index (χ1) is 9.26. The molecule has 1 saturated heterocycles. The van der Waals surface area contributed by atoms with E-state index in [4.69, 9.17) is 0 Å². The molecule has 2 fully saturated rings. The molecule has 1 aliphatic carbocycles. The normalized spacial score (nSPS) is 28.2. The van der Waals surface area contributed by atoms with Crippen molar-refractivity contribution in [2.75, 3.05) is 19.6 Å². The Hall–Kier alpha value is -1.42. The van der Waals surface area contributed by atoms with Gasteiger partial charge < -0.3 is 10.0 Å². The molecule has 1 saturated carbocycles. The second-order valence-corrected chi connectivity index (χ2v) is 5.88. The molecule has 0 aromatic heterocycles. The SMILES string of the molecule is O=NC(CN1CC2CCCC2C1)c1ccc(O)cc1. The van der Waals surface area contributed by atoms with Crippen LogP contribution >= 0.6 is 0 Å². The summed E-state index contributed by atoms with van der Waals surface area (Å²) in [6, 6.07) is 6.49. The smallest absolute Gasteiger partial charge is 0.129 e. The Morgan fingerprint density at radius 1 is 1.21 bits per heavy atom. The van der Waals surface area contributed by atoms with Crippen LogP contribution in [0.2, 0.25) is 0 Å². The van der Waals surface area contributed by atoms with Crippen molar-refractivity contribution < 1.29 is 5.11 Å². The van der Waals surface area contributed by atoms with Crippen LogP contribution in [0.25, 0.3) is 0 Å². The molecule has 0 radical (unpaired) electrons. The predicted molar refractivity (Wildman–Crippen MR) is 73.9 cm³/mol. The zero-order chi connectivity index (χ0) is 13.2. The molecular weight excluding hydrogens is 240 g/mol. The van der Waals surface area contributed by atoms with Gasteiger partial charge in [-0.25, -0.2) is 0 Å². The highest BCUT2D eigenvalue weighted by atomic mass is 16.3. The summed E-state index contributed by atoms with van der Waals surface area (Å²) in [5.74, 6) is 1.91. The van der Waals surface area contributed by atoms with Crippen molar-refractivity contribution in [2.24, 2.45) is 17.0 Å². The average molecular weight is 260 g/mol. The van der Waals surface area contributed by atoms with Gasteiger partial charge in [0.1, 0.15) is 11.8 Å². The summed E-state index contributed by atoms with van der Waals surface area (Å²) in [4.78, 5) is 13.5. The van der Waals surface area contributed by atoms with Gasteiger partial charge in [0, 0.05) is 19.6 Å². The van der Waals surface area contributed by atoms with Gasteiger partial charge in [-0.2, -0.15) is 4.91 Å². The molecule has 102 valence electrons. The minimum absolute atomic E-state index is 0.226. The molecule has 1 aliphatic heterocycles. The van der Waals surface area contributed by atoms with E-state index in [0.29, 0.717) is 6.54 Å². The van der Waals surface area contributed by atoms with Crippen molar-refractivity contribution in [2.45, 2.75) is 25.3 Å². The zero-order valence-corrected chi connectivity index (χ0v) is 11.0. The predicted octanol–water partition coefficient (Wildman–Crippen LogP) is 2.93. The number of likely N-dealkylation sites (tertiary alicyclic amines) is 1. The van der Waals surface area contributed by atoms with E-state index in [1.807, 2.05) is 0 Å². The summed E-state index contributed by atoms with van der Waals surface area (Å²) >= 11 is 0. The summed E-state index contributed by atoms with van der Waals surface area (Å²) in [5, 5.41) is 12.6. The van der Waals surface area contributed by atoms with Gasteiger partial charge in [0.05, 0.1) is 0 Å². The number of nitrogens with zero attached hydrogens (tertiary/aromatic N) is 2. The van der Waals surface area contributed by atoms with Gasteiger partial charge in [-0.1, -0.05) is 23.7 Å². The van der Waals surface area contributed by atoms with Crippen LogP contribution in [-0.2, 0) is 0 Å². The number of nitroso groups, excluding NO2 is 1. The fourth-order valence-corrected chi connectivity index (χ4v) is 3.62. The number of fused-ring (bicyclic) bond motifs is 1. The molecule has 4 nitrogen and oxygen atoms in total. The van der Waals surface area contributed by atoms with Crippen LogP contribution in [0, 0.1) is 16.7 Å². The topological polar surface area (TPSA) is 52.9 Å². The second-order valence-electron chi connectivity index (χ2n) is 5.88. The third-order valence-electron chi connectivity index (χ3n) is 4.64. The first-order valence-corrected chi connectivity index (χ1v) is 7.10. The highest BCUT2D eigenvalue weighted by molar-refractivity contribution is 5.28. The van der Waals surface area contributed by atoms with E-state index in [-0.39, 0.29) is 11.8 Å². The fourth-order valence-electron chi connectivity index (χ4n) is 3.62. The van der Waals surface area contributed by atoms with Crippen molar-refractivity contribution in [3.8, 4) is 5.75 Å². The highest BCUT2D eigenvalue weighted by Crippen LogP contribution is 2.38. The number of benzene rings is 1. The Kier molecular flexibility index (Phi) is 3.51. The molecule has 3 unspecified atom stereocenters. The molecule has 1 N–H and O–H groups in total. The van der Waals surface area contributed by atoms with Crippen LogP contribution in [-0.4, -0.2) is 29.6 Å². The summed E-state index contributed by atoms with van der Waals surface area (Å²) in [6.45, 7) is 2.95. The minimum atomic E-state index is -0.320. The standard InChI is InChI=1S/C15H20N2O2/c18-14-6-4-11(5-7-14)15(16-19)10-17-8-12-2-1-3-13(12)9-17/h4-7,12-13,15,18H,1-3,8-10H2. The van der Waals surface area contributed by atoms with Crippen molar-refractivity contribution in [3.05, 3.63) is 34.7 Å². The Balaban J connectivity index is 1.64. The number of rotatable bonds is 4. The largest absolute Gasteiger partial charge is 0.508 e. The second kappa shape index (κ2) is 5.29. The minimum Gasteiger partial charge on any atom is -0.508 e. The van der Waals surface area contributed by atoms with E-state index in [1.165, 1.54) is 19.3 Å². The van der Waals surface area contributed by atoms with Crippen LogP contribution < -0.4 is 0 Å². The average Bonchev–Trinajstić information content (AvgIpc) is 2.98.